The van der Waals surface area contributed by atoms with Gasteiger partial charge in [0.1, 0.15) is 12.4 Å². The highest BCUT2D eigenvalue weighted by Crippen LogP contribution is 2.29. The number of carboxylic acid groups (broad SMARTS) is 1. The first-order chi connectivity index (χ1) is 13.1. The van der Waals surface area contributed by atoms with Gasteiger partial charge in [0.25, 0.3) is 0 Å². The van der Waals surface area contributed by atoms with Gasteiger partial charge in [0, 0.05) is 0 Å². The molecule has 4 heteroatoms. The number of hydrogen-bond acceptors (Lipinski definition) is 2. The van der Waals surface area contributed by atoms with Crippen LogP contribution in [-0.4, -0.2) is 29.3 Å². The summed E-state index contributed by atoms with van der Waals surface area (Å²) in [4.78, 5) is 13.3. The maximum Gasteiger partial charge on any atom is 0.408 e. The van der Waals surface area contributed by atoms with Crippen molar-refractivity contribution in [2.75, 3.05) is 13.2 Å². The molecule has 0 aliphatic carbocycles. The Balaban J connectivity index is 2.11. The number of carbonyl (C=O) groups is 1. The molecule has 1 amide bonds. The number of hydrogen-bond donors (Lipinski definition) is 1. The van der Waals surface area contributed by atoms with Crippen molar-refractivity contribution in [3.63, 3.8) is 0 Å². The van der Waals surface area contributed by atoms with E-state index in [-0.39, 0.29) is 13.2 Å². The summed E-state index contributed by atoms with van der Waals surface area (Å²) < 4.78 is 5.80. The van der Waals surface area contributed by atoms with E-state index in [1.165, 1.54) is 4.90 Å². The number of rotatable bonds is 8. The molecule has 0 heterocycles. The Morgan fingerprint density at radius 1 is 1.04 bits per heavy atom. The number of allylic oxidation sites excluding steroid dienone is 2. The molecule has 0 aliphatic rings. The Kier molecular flexibility index (Phi) is 6.68. The zero-order chi connectivity index (χ0) is 20.9. The minimum atomic E-state index is -0.978. The van der Waals surface area contributed by atoms with Crippen molar-refractivity contribution in [1.29, 1.82) is 0 Å². The van der Waals surface area contributed by atoms with Crippen LogP contribution < -0.4 is 4.74 Å². The van der Waals surface area contributed by atoms with Gasteiger partial charge in [0.15, 0.2) is 0 Å². The van der Waals surface area contributed by atoms with E-state index < -0.39 is 11.6 Å². The van der Waals surface area contributed by atoms with Gasteiger partial charge in [-0.25, -0.2) is 4.79 Å². The van der Waals surface area contributed by atoms with Gasteiger partial charge in [-0.3, -0.25) is 4.90 Å². The second kappa shape index (κ2) is 8.79. The molecular weight excluding hydrogens is 350 g/mol. The highest BCUT2D eigenvalue weighted by atomic mass is 16.5. The second-order valence-electron chi connectivity index (χ2n) is 7.51. The van der Waals surface area contributed by atoms with Crippen molar-refractivity contribution in [2.45, 2.75) is 33.2 Å². The number of ether oxygens (including phenoxy) is 1. The molecule has 1 N–H and O–H groups in total. The molecule has 2 rings (SSSR count). The van der Waals surface area contributed by atoms with Gasteiger partial charge in [0.2, 0.25) is 0 Å². The zero-order valence-electron chi connectivity index (χ0n) is 17.2. The van der Waals surface area contributed by atoms with Crippen LogP contribution in [0.15, 0.2) is 61.7 Å². The molecular formula is C24H29NO3. The van der Waals surface area contributed by atoms with Crippen LogP contribution in [0.5, 0.6) is 5.75 Å². The molecule has 0 saturated carbocycles. The molecule has 0 radical (unpaired) electrons. The van der Waals surface area contributed by atoms with E-state index in [2.05, 4.69) is 13.2 Å². The molecule has 0 atom stereocenters. The second-order valence-corrected chi connectivity index (χ2v) is 7.51. The summed E-state index contributed by atoms with van der Waals surface area (Å²) in [5, 5.41) is 9.77. The summed E-state index contributed by atoms with van der Waals surface area (Å²) in [5.74, 6) is 0.703. The molecule has 0 unspecified atom stereocenters. The van der Waals surface area contributed by atoms with Crippen LogP contribution in [0.1, 0.15) is 44.4 Å². The van der Waals surface area contributed by atoms with Gasteiger partial charge >= 0.3 is 6.09 Å². The Labute approximate surface area is 167 Å². The normalized spacial score (nSPS) is 11.0. The Morgan fingerprint density at radius 3 is 2.18 bits per heavy atom. The summed E-state index contributed by atoms with van der Waals surface area (Å²) in [6, 6.07) is 15.5. The van der Waals surface area contributed by atoms with Crippen LogP contribution in [0.3, 0.4) is 0 Å². The van der Waals surface area contributed by atoms with Crippen LogP contribution in [-0.2, 0) is 5.54 Å². The van der Waals surface area contributed by atoms with Crippen LogP contribution in [0.4, 0.5) is 4.79 Å². The van der Waals surface area contributed by atoms with E-state index in [1.807, 2.05) is 76.2 Å². The number of nitrogens with zero attached hydrogens (tertiary/aromatic N) is 1. The van der Waals surface area contributed by atoms with E-state index in [4.69, 9.17) is 4.74 Å². The Morgan fingerprint density at radius 2 is 1.64 bits per heavy atom. The van der Waals surface area contributed by atoms with E-state index in [0.29, 0.717) is 5.75 Å². The van der Waals surface area contributed by atoms with Crippen molar-refractivity contribution in [3.05, 3.63) is 78.4 Å². The maximum atomic E-state index is 11.9. The predicted molar refractivity (Wildman–Crippen MR) is 116 cm³/mol. The quantitative estimate of drug-likeness (QED) is 0.608. The summed E-state index contributed by atoms with van der Waals surface area (Å²) in [6.45, 7) is 16.1. The van der Waals surface area contributed by atoms with E-state index >= 15 is 0 Å². The maximum absolute atomic E-state index is 11.9. The van der Waals surface area contributed by atoms with Crippen molar-refractivity contribution in [1.82, 2.24) is 4.90 Å². The molecule has 0 aromatic heterocycles. The molecule has 0 fully saturated rings. The third-order valence-electron chi connectivity index (χ3n) is 4.90. The van der Waals surface area contributed by atoms with E-state index in [1.54, 1.807) is 0 Å². The first-order valence-corrected chi connectivity index (χ1v) is 9.28. The number of benzene rings is 2. The minimum Gasteiger partial charge on any atom is -0.492 e. The van der Waals surface area contributed by atoms with Crippen molar-refractivity contribution >= 4 is 17.2 Å². The molecule has 0 aliphatic heterocycles. The lowest BCUT2D eigenvalue weighted by atomic mass is 9.91. The topological polar surface area (TPSA) is 49.8 Å². The van der Waals surface area contributed by atoms with Crippen molar-refractivity contribution < 1.29 is 14.6 Å². The van der Waals surface area contributed by atoms with Crippen LogP contribution >= 0.6 is 0 Å². The summed E-state index contributed by atoms with van der Waals surface area (Å²) in [5.41, 5.74) is 4.21. The Bertz CT molecular complexity index is 866. The average molecular weight is 380 g/mol. The van der Waals surface area contributed by atoms with Crippen LogP contribution in [0, 0.1) is 0 Å². The molecule has 148 valence electrons. The fourth-order valence-electron chi connectivity index (χ4n) is 3.04. The molecule has 2 aromatic carbocycles. The van der Waals surface area contributed by atoms with E-state index in [0.717, 1.165) is 27.8 Å². The van der Waals surface area contributed by atoms with Gasteiger partial charge in [0.05, 0.1) is 12.1 Å². The summed E-state index contributed by atoms with van der Waals surface area (Å²) >= 11 is 0. The number of amides is 1. The molecule has 2 aromatic rings. The standard InChI is InChI=1S/C24H29NO3/c1-17(2)19-10-12-21(13-11-19)24(5,6)25(23(26)27)14-15-28-22-9-7-8-20(16-22)18(3)4/h7-13,16H,1,3,14-15H2,2,4-6H3,(H,26,27). The third-order valence-corrected chi connectivity index (χ3v) is 4.90. The van der Waals surface area contributed by atoms with Gasteiger partial charge in [-0.2, -0.15) is 0 Å². The highest BCUT2D eigenvalue weighted by molar-refractivity contribution is 5.67. The van der Waals surface area contributed by atoms with Gasteiger partial charge in [-0.1, -0.05) is 60.7 Å². The Hall–Kier alpha value is -3.01. The average Bonchev–Trinajstić information content (AvgIpc) is 2.65. The fourth-order valence-corrected chi connectivity index (χ4v) is 3.04. The van der Waals surface area contributed by atoms with E-state index in [9.17, 15) is 9.90 Å². The minimum absolute atomic E-state index is 0.252. The zero-order valence-corrected chi connectivity index (χ0v) is 17.2. The smallest absolute Gasteiger partial charge is 0.408 e. The summed E-state index contributed by atoms with van der Waals surface area (Å²) in [6.07, 6.45) is -0.978. The van der Waals surface area contributed by atoms with Gasteiger partial charge in [-0.15, -0.1) is 0 Å². The SMILES string of the molecule is C=C(C)c1ccc(C(C)(C)N(CCOc2cccc(C(=C)C)c2)C(=O)O)cc1. The summed E-state index contributed by atoms with van der Waals surface area (Å²) in [7, 11) is 0. The monoisotopic (exact) mass is 379 g/mol. The highest BCUT2D eigenvalue weighted by Gasteiger charge is 2.32. The lowest BCUT2D eigenvalue weighted by Crippen LogP contribution is -2.46. The first kappa shape index (κ1) is 21.3. The van der Waals surface area contributed by atoms with Crippen molar-refractivity contribution in [3.8, 4) is 5.75 Å². The van der Waals surface area contributed by atoms with Gasteiger partial charge < -0.3 is 9.84 Å². The van der Waals surface area contributed by atoms with Gasteiger partial charge in [-0.05, 0) is 56.5 Å². The largest absolute Gasteiger partial charge is 0.492 e. The van der Waals surface area contributed by atoms with Crippen molar-refractivity contribution in [2.24, 2.45) is 0 Å². The lowest BCUT2D eigenvalue weighted by molar-refractivity contribution is 0.0802. The third kappa shape index (κ3) is 5.03. The predicted octanol–water partition coefficient (Wildman–Crippen LogP) is 6.05. The first-order valence-electron chi connectivity index (χ1n) is 9.28. The molecule has 28 heavy (non-hydrogen) atoms. The van der Waals surface area contributed by atoms with Crippen LogP contribution in [0.25, 0.3) is 11.1 Å². The molecule has 4 nitrogen and oxygen atoms in total. The fraction of sp³-hybridized carbons (Fsp3) is 0.292. The molecule has 0 saturated heterocycles. The molecule has 0 bridgehead atoms. The molecule has 0 spiro atoms. The lowest BCUT2D eigenvalue weighted by Gasteiger charge is -2.37. The van der Waals surface area contributed by atoms with Crippen LogP contribution in [0.2, 0.25) is 0 Å².